The Morgan fingerprint density at radius 2 is 2.33 bits per heavy atom. The molecular formula is C10H19N3OS. The van der Waals surface area contributed by atoms with Crippen LogP contribution in [-0.4, -0.2) is 21.9 Å². The minimum absolute atomic E-state index is 0.558. The van der Waals surface area contributed by atoms with E-state index in [4.69, 9.17) is 10.3 Å². The van der Waals surface area contributed by atoms with Crippen LogP contribution < -0.4 is 5.73 Å². The second-order valence-corrected chi connectivity index (χ2v) is 4.98. The number of aromatic nitrogens is 2. The molecule has 2 N–H and O–H groups in total. The largest absolute Gasteiger partial charge is 0.339 e. The Kier molecular flexibility index (Phi) is 5.71. The van der Waals surface area contributed by atoms with Gasteiger partial charge >= 0.3 is 0 Å². The summed E-state index contributed by atoms with van der Waals surface area (Å²) in [6.07, 6.45) is 2.94. The molecule has 0 amide bonds. The van der Waals surface area contributed by atoms with Crippen molar-refractivity contribution in [3.05, 3.63) is 11.7 Å². The van der Waals surface area contributed by atoms with Crippen molar-refractivity contribution in [2.45, 2.75) is 44.1 Å². The lowest BCUT2D eigenvalue weighted by Crippen LogP contribution is -2.07. The Morgan fingerprint density at radius 3 is 3.00 bits per heavy atom. The molecule has 1 unspecified atom stereocenters. The molecule has 0 fully saturated rings. The first-order valence-electron chi connectivity index (χ1n) is 5.39. The zero-order valence-corrected chi connectivity index (χ0v) is 10.2. The van der Waals surface area contributed by atoms with E-state index in [1.807, 2.05) is 11.8 Å². The number of nitrogens with two attached hydrogens (primary N) is 1. The van der Waals surface area contributed by atoms with E-state index < -0.39 is 0 Å². The van der Waals surface area contributed by atoms with Crippen molar-refractivity contribution < 1.29 is 4.52 Å². The lowest BCUT2D eigenvalue weighted by Gasteiger charge is -2.06. The summed E-state index contributed by atoms with van der Waals surface area (Å²) in [6.45, 7) is 5.01. The van der Waals surface area contributed by atoms with Crippen LogP contribution in [0.5, 0.6) is 0 Å². The molecule has 1 atom stereocenters. The van der Waals surface area contributed by atoms with Gasteiger partial charge < -0.3 is 10.3 Å². The number of hydrogen-bond acceptors (Lipinski definition) is 5. The topological polar surface area (TPSA) is 64.9 Å². The highest BCUT2D eigenvalue weighted by Gasteiger charge is 2.07. The molecule has 0 spiro atoms. The van der Waals surface area contributed by atoms with E-state index in [-0.39, 0.29) is 0 Å². The summed E-state index contributed by atoms with van der Waals surface area (Å²) in [5, 5.41) is 4.49. The second-order valence-electron chi connectivity index (χ2n) is 3.55. The second kappa shape index (κ2) is 6.85. The van der Waals surface area contributed by atoms with Crippen molar-refractivity contribution in [2.75, 3.05) is 6.54 Å². The first kappa shape index (κ1) is 12.5. The maximum absolute atomic E-state index is 5.48. The standard InChI is InChI=1S/C10H19N3OS/c1-3-4-10-12-9(13-14-10)7-15-8(2)5-6-11/h8H,3-7,11H2,1-2H3. The lowest BCUT2D eigenvalue weighted by atomic mass is 10.3. The minimum Gasteiger partial charge on any atom is -0.339 e. The van der Waals surface area contributed by atoms with E-state index in [2.05, 4.69) is 24.0 Å². The van der Waals surface area contributed by atoms with E-state index in [0.717, 1.165) is 43.3 Å². The summed E-state index contributed by atoms with van der Waals surface area (Å²) in [4.78, 5) is 4.30. The molecule has 0 saturated carbocycles. The van der Waals surface area contributed by atoms with Gasteiger partial charge in [0.2, 0.25) is 5.89 Å². The predicted molar refractivity (Wildman–Crippen MR) is 62.7 cm³/mol. The Balaban J connectivity index is 2.30. The van der Waals surface area contributed by atoms with Gasteiger partial charge in [0.05, 0.1) is 5.75 Å². The molecule has 0 aliphatic rings. The van der Waals surface area contributed by atoms with Crippen molar-refractivity contribution in [1.82, 2.24) is 10.1 Å². The quantitative estimate of drug-likeness (QED) is 0.774. The van der Waals surface area contributed by atoms with Gasteiger partial charge in [-0.1, -0.05) is 19.0 Å². The smallest absolute Gasteiger partial charge is 0.226 e. The van der Waals surface area contributed by atoms with Gasteiger partial charge in [0.1, 0.15) is 0 Å². The number of nitrogens with zero attached hydrogens (tertiary/aromatic N) is 2. The molecule has 0 aromatic carbocycles. The van der Waals surface area contributed by atoms with E-state index in [0.29, 0.717) is 5.25 Å². The van der Waals surface area contributed by atoms with Gasteiger partial charge in [0.25, 0.3) is 0 Å². The fraction of sp³-hybridized carbons (Fsp3) is 0.800. The highest BCUT2D eigenvalue weighted by molar-refractivity contribution is 7.99. The molecule has 1 rings (SSSR count). The summed E-state index contributed by atoms with van der Waals surface area (Å²) in [7, 11) is 0. The number of aryl methyl sites for hydroxylation is 1. The highest BCUT2D eigenvalue weighted by atomic mass is 32.2. The molecule has 1 heterocycles. The van der Waals surface area contributed by atoms with Crippen LogP contribution in [0.25, 0.3) is 0 Å². The summed E-state index contributed by atoms with van der Waals surface area (Å²) in [6, 6.07) is 0. The molecule has 1 aromatic heterocycles. The molecule has 86 valence electrons. The van der Waals surface area contributed by atoms with Gasteiger partial charge in [-0.05, 0) is 19.4 Å². The van der Waals surface area contributed by atoms with E-state index in [1.54, 1.807) is 0 Å². The average Bonchev–Trinajstić information content (AvgIpc) is 2.64. The summed E-state index contributed by atoms with van der Waals surface area (Å²) >= 11 is 1.82. The van der Waals surface area contributed by atoms with Gasteiger partial charge in [0, 0.05) is 11.7 Å². The SMILES string of the molecule is CCCc1nc(CSC(C)CCN)no1. The molecule has 0 bridgehead atoms. The number of rotatable bonds is 7. The van der Waals surface area contributed by atoms with Gasteiger partial charge in [-0.25, -0.2) is 0 Å². The zero-order valence-electron chi connectivity index (χ0n) is 9.40. The molecule has 4 nitrogen and oxygen atoms in total. The van der Waals surface area contributed by atoms with Crippen LogP contribution in [0.3, 0.4) is 0 Å². The fourth-order valence-corrected chi connectivity index (χ4v) is 2.05. The Bertz CT molecular complexity index is 277. The molecular weight excluding hydrogens is 210 g/mol. The van der Waals surface area contributed by atoms with Gasteiger partial charge in [-0.15, -0.1) is 0 Å². The van der Waals surface area contributed by atoms with Gasteiger partial charge in [-0.2, -0.15) is 16.7 Å². The summed E-state index contributed by atoms with van der Waals surface area (Å²) in [5.41, 5.74) is 5.48. The molecule has 5 heteroatoms. The number of thioether (sulfide) groups is 1. The van der Waals surface area contributed by atoms with Crippen LogP contribution in [-0.2, 0) is 12.2 Å². The Hall–Kier alpha value is -0.550. The van der Waals surface area contributed by atoms with Gasteiger partial charge in [0.15, 0.2) is 5.82 Å². The Labute approximate surface area is 95.0 Å². The van der Waals surface area contributed by atoms with Crippen molar-refractivity contribution in [3.8, 4) is 0 Å². The third kappa shape index (κ3) is 4.66. The molecule has 0 aliphatic heterocycles. The molecule has 1 aromatic rings. The van der Waals surface area contributed by atoms with Crippen LogP contribution in [0.4, 0.5) is 0 Å². The van der Waals surface area contributed by atoms with Crippen LogP contribution in [0.15, 0.2) is 4.52 Å². The third-order valence-electron chi connectivity index (χ3n) is 2.04. The van der Waals surface area contributed by atoms with Crippen molar-refractivity contribution in [2.24, 2.45) is 5.73 Å². The minimum atomic E-state index is 0.558. The van der Waals surface area contributed by atoms with Crippen LogP contribution in [0.1, 0.15) is 38.4 Å². The summed E-state index contributed by atoms with van der Waals surface area (Å²) in [5.74, 6) is 2.36. The van der Waals surface area contributed by atoms with Crippen molar-refractivity contribution in [1.29, 1.82) is 0 Å². The zero-order chi connectivity index (χ0) is 11.1. The van der Waals surface area contributed by atoms with E-state index in [1.165, 1.54) is 0 Å². The maximum Gasteiger partial charge on any atom is 0.226 e. The third-order valence-corrected chi connectivity index (χ3v) is 3.27. The predicted octanol–water partition coefficient (Wildman–Crippen LogP) is 1.99. The molecule has 0 saturated heterocycles. The molecule has 0 radical (unpaired) electrons. The maximum atomic E-state index is 5.48. The normalized spacial score (nSPS) is 13.0. The van der Waals surface area contributed by atoms with E-state index in [9.17, 15) is 0 Å². The van der Waals surface area contributed by atoms with Gasteiger partial charge in [-0.3, -0.25) is 0 Å². The van der Waals surface area contributed by atoms with Crippen LogP contribution in [0.2, 0.25) is 0 Å². The molecule has 0 aliphatic carbocycles. The highest BCUT2D eigenvalue weighted by Crippen LogP contribution is 2.17. The van der Waals surface area contributed by atoms with E-state index >= 15 is 0 Å². The molecule has 15 heavy (non-hydrogen) atoms. The Morgan fingerprint density at radius 1 is 1.53 bits per heavy atom. The van der Waals surface area contributed by atoms with Crippen LogP contribution in [0, 0.1) is 0 Å². The first-order chi connectivity index (χ1) is 7.26. The fourth-order valence-electron chi connectivity index (χ4n) is 1.20. The first-order valence-corrected chi connectivity index (χ1v) is 6.44. The monoisotopic (exact) mass is 229 g/mol. The summed E-state index contributed by atoms with van der Waals surface area (Å²) < 4.78 is 5.10. The average molecular weight is 229 g/mol. The van der Waals surface area contributed by atoms with Crippen molar-refractivity contribution in [3.63, 3.8) is 0 Å². The van der Waals surface area contributed by atoms with Crippen molar-refractivity contribution >= 4 is 11.8 Å². The van der Waals surface area contributed by atoms with Crippen LogP contribution >= 0.6 is 11.8 Å². The lowest BCUT2D eigenvalue weighted by molar-refractivity contribution is 0.373. The number of hydrogen-bond donors (Lipinski definition) is 1.